The maximum Gasteiger partial charge on any atom is 0.256 e. The minimum absolute atomic E-state index is 0.117. The van der Waals surface area contributed by atoms with Crippen molar-refractivity contribution in [1.29, 1.82) is 0 Å². The van der Waals surface area contributed by atoms with E-state index in [2.05, 4.69) is 5.92 Å². The number of hydrogen-bond donors (Lipinski definition) is 1. The second-order valence-electron chi connectivity index (χ2n) is 4.56. The number of benzene rings is 1. The highest BCUT2D eigenvalue weighted by molar-refractivity contribution is 6.31. The third-order valence-electron chi connectivity index (χ3n) is 2.99. The second-order valence-corrected chi connectivity index (χ2v) is 5.00. The zero-order valence-electron chi connectivity index (χ0n) is 10.0. The number of amides is 1. The average Bonchev–Trinajstić information content (AvgIpc) is 3.11. The first-order valence-corrected chi connectivity index (χ1v) is 6.27. The van der Waals surface area contributed by atoms with E-state index in [1.54, 1.807) is 23.1 Å². The van der Waals surface area contributed by atoms with E-state index in [1.807, 2.05) is 0 Å². The number of rotatable bonds is 4. The van der Waals surface area contributed by atoms with Gasteiger partial charge in [0.05, 0.1) is 12.1 Å². The highest BCUT2D eigenvalue weighted by atomic mass is 35.5. The summed E-state index contributed by atoms with van der Waals surface area (Å²) >= 11 is 5.82. The molecule has 2 N–H and O–H groups in total. The van der Waals surface area contributed by atoms with Crippen molar-refractivity contribution in [1.82, 2.24) is 4.90 Å². The van der Waals surface area contributed by atoms with Crippen molar-refractivity contribution < 1.29 is 4.79 Å². The van der Waals surface area contributed by atoms with Crippen LogP contribution in [-0.4, -0.2) is 23.9 Å². The van der Waals surface area contributed by atoms with Crippen molar-refractivity contribution in [3.8, 4) is 12.3 Å². The smallest absolute Gasteiger partial charge is 0.256 e. The minimum Gasteiger partial charge on any atom is -0.398 e. The molecule has 1 amide bonds. The number of hydrogen-bond acceptors (Lipinski definition) is 2. The molecule has 4 heteroatoms. The quantitative estimate of drug-likeness (QED) is 0.669. The normalized spacial score (nSPS) is 14.0. The van der Waals surface area contributed by atoms with Crippen LogP contribution in [0.5, 0.6) is 0 Å². The van der Waals surface area contributed by atoms with Gasteiger partial charge in [0.15, 0.2) is 0 Å². The molecule has 0 radical (unpaired) electrons. The Morgan fingerprint density at radius 1 is 1.56 bits per heavy atom. The molecule has 2 rings (SSSR count). The van der Waals surface area contributed by atoms with Gasteiger partial charge in [-0.05, 0) is 37.0 Å². The van der Waals surface area contributed by atoms with Crippen molar-refractivity contribution in [2.75, 3.05) is 18.8 Å². The first-order chi connectivity index (χ1) is 8.61. The fourth-order valence-corrected chi connectivity index (χ4v) is 2.02. The van der Waals surface area contributed by atoms with Crippen molar-refractivity contribution in [3.05, 3.63) is 28.8 Å². The van der Waals surface area contributed by atoms with Gasteiger partial charge in [0.2, 0.25) is 0 Å². The molecule has 1 aliphatic rings. The summed E-state index contributed by atoms with van der Waals surface area (Å²) in [5.41, 5.74) is 6.68. The van der Waals surface area contributed by atoms with Crippen molar-refractivity contribution in [2.45, 2.75) is 12.8 Å². The Hall–Kier alpha value is -1.66. The zero-order valence-corrected chi connectivity index (χ0v) is 10.8. The molecule has 0 bridgehead atoms. The molecule has 1 aromatic carbocycles. The predicted octanol–water partition coefficient (Wildman–Crippen LogP) is 2.41. The molecular formula is C14H15ClN2O. The Kier molecular flexibility index (Phi) is 3.78. The van der Waals surface area contributed by atoms with Gasteiger partial charge in [0.1, 0.15) is 0 Å². The van der Waals surface area contributed by atoms with Crippen LogP contribution in [0.1, 0.15) is 23.2 Å². The van der Waals surface area contributed by atoms with Gasteiger partial charge in [-0.1, -0.05) is 17.5 Å². The molecule has 1 aromatic rings. The lowest BCUT2D eigenvalue weighted by Crippen LogP contribution is -2.33. The summed E-state index contributed by atoms with van der Waals surface area (Å²) in [7, 11) is 0. The summed E-state index contributed by atoms with van der Waals surface area (Å²) in [5, 5.41) is 0.523. The largest absolute Gasteiger partial charge is 0.398 e. The molecule has 0 aliphatic heterocycles. The first kappa shape index (κ1) is 12.8. The molecule has 18 heavy (non-hydrogen) atoms. The van der Waals surface area contributed by atoms with E-state index in [0.29, 0.717) is 35.3 Å². The molecule has 0 atom stereocenters. The number of halogens is 1. The number of carbonyl (C=O) groups excluding carboxylic acids is 1. The lowest BCUT2D eigenvalue weighted by molar-refractivity contribution is 0.0771. The standard InChI is InChI=1S/C14H15ClN2O/c1-2-7-17(9-10-3-4-10)14(18)12-6-5-11(15)8-13(12)16/h1,5-6,8,10H,3-4,7,9,16H2. The Morgan fingerprint density at radius 3 is 2.83 bits per heavy atom. The van der Waals surface area contributed by atoms with Crippen LogP contribution in [0, 0.1) is 18.3 Å². The van der Waals surface area contributed by atoms with Crippen molar-refractivity contribution in [2.24, 2.45) is 5.92 Å². The molecule has 0 spiro atoms. The van der Waals surface area contributed by atoms with E-state index in [4.69, 9.17) is 23.8 Å². The highest BCUT2D eigenvalue weighted by Crippen LogP contribution is 2.30. The lowest BCUT2D eigenvalue weighted by atomic mass is 10.1. The molecule has 94 valence electrons. The van der Waals surface area contributed by atoms with Crippen LogP contribution in [0.15, 0.2) is 18.2 Å². The van der Waals surface area contributed by atoms with E-state index in [9.17, 15) is 4.79 Å². The Balaban J connectivity index is 2.18. The summed E-state index contributed by atoms with van der Waals surface area (Å²) < 4.78 is 0. The highest BCUT2D eigenvalue weighted by Gasteiger charge is 2.27. The molecule has 3 nitrogen and oxygen atoms in total. The van der Waals surface area contributed by atoms with Crippen LogP contribution in [0.25, 0.3) is 0 Å². The molecule has 0 heterocycles. The molecule has 0 saturated heterocycles. The summed E-state index contributed by atoms with van der Waals surface area (Å²) in [4.78, 5) is 14.0. The molecular weight excluding hydrogens is 248 g/mol. The molecule has 1 fully saturated rings. The summed E-state index contributed by atoms with van der Waals surface area (Å²) in [6.07, 6.45) is 7.65. The SMILES string of the molecule is C#CCN(CC1CC1)C(=O)c1ccc(Cl)cc1N. The lowest BCUT2D eigenvalue weighted by Gasteiger charge is -2.21. The fraction of sp³-hybridized carbons (Fsp3) is 0.357. The van der Waals surface area contributed by atoms with Gasteiger partial charge in [-0.2, -0.15) is 0 Å². The Morgan fingerprint density at radius 2 is 2.28 bits per heavy atom. The van der Waals surface area contributed by atoms with Crippen LogP contribution in [-0.2, 0) is 0 Å². The molecule has 0 aromatic heterocycles. The van der Waals surface area contributed by atoms with Crippen molar-refractivity contribution >= 4 is 23.2 Å². The topological polar surface area (TPSA) is 46.3 Å². The van der Waals surface area contributed by atoms with Crippen LogP contribution >= 0.6 is 11.6 Å². The van der Waals surface area contributed by atoms with E-state index in [-0.39, 0.29) is 5.91 Å². The summed E-state index contributed by atoms with van der Waals surface area (Å²) in [6, 6.07) is 4.90. The van der Waals surface area contributed by atoms with Crippen molar-refractivity contribution in [3.63, 3.8) is 0 Å². The molecule has 1 saturated carbocycles. The Labute approximate surface area is 112 Å². The van der Waals surface area contributed by atoms with Crippen LogP contribution in [0.3, 0.4) is 0 Å². The average molecular weight is 263 g/mol. The zero-order chi connectivity index (χ0) is 13.1. The number of nitrogen functional groups attached to an aromatic ring is 1. The predicted molar refractivity (Wildman–Crippen MR) is 73.3 cm³/mol. The summed E-state index contributed by atoms with van der Waals surface area (Å²) in [6.45, 7) is 1.03. The summed E-state index contributed by atoms with van der Waals surface area (Å²) in [5.74, 6) is 3.00. The van der Waals surface area contributed by atoms with Gasteiger partial charge >= 0.3 is 0 Å². The number of anilines is 1. The molecule has 1 aliphatic carbocycles. The van der Waals surface area contributed by atoms with Crippen LogP contribution < -0.4 is 5.73 Å². The first-order valence-electron chi connectivity index (χ1n) is 5.89. The van der Waals surface area contributed by atoms with E-state index < -0.39 is 0 Å². The minimum atomic E-state index is -0.117. The number of nitrogens with zero attached hydrogens (tertiary/aromatic N) is 1. The van der Waals surface area contributed by atoms with Crippen LogP contribution in [0.4, 0.5) is 5.69 Å². The third-order valence-corrected chi connectivity index (χ3v) is 3.22. The number of nitrogens with two attached hydrogens (primary N) is 1. The van der Waals surface area contributed by atoms with E-state index in [1.165, 1.54) is 12.8 Å². The fourth-order valence-electron chi connectivity index (χ4n) is 1.84. The maximum absolute atomic E-state index is 12.3. The van der Waals surface area contributed by atoms with Gasteiger partial charge in [0, 0.05) is 17.3 Å². The second kappa shape index (κ2) is 5.32. The van der Waals surface area contributed by atoms with Gasteiger partial charge in [-0.3, -0.25) is 4.79 Å². The van der Waals surface area contributed by atoms with Gasteiger partial charge in [0.25, 0.3) is 5.91 Å². The third kappa shape index (κ3) is 2.96. The van der Waals surface area contributed by atoms with Gasteiger partial charge in [-0.25, -0.2) is 0 Å². The number of carbonyl (C=O) groups is 1. The monoisotopic (exact) mass is 262 g/mol. The molecule has 0 unspecified atom stereocenters. The van der Waals surface area contributed by atoms with E-state index in [0.717, 1.165) is 0 Å². The van der Waals surface area contributed by atoms with Gasteiger partial charge in [-0.15, -0.1) is 6.42 Å². The van der Waals surface area contributed by atoms with E-state index >= 15 is 0 Å². The maximum atomic E-state index is 12.3. The van der Waals surface area contributed by atoms with Crippen LogP contribution in [0.2, 0.25) is 5.02 Å². The number of terminal acetylenes is 1. The van der Waals surface area contributed by atoms with Gasteiger partial charge < -0.3 is 10.6 Å². The Bertz CT molecular complexity index is 503.